The van der Waals surface area contributed by atoms with Gasteiger partial charge in [-0.05, 0) is 42.5 Å². The summed E-state index contributed by atoms with van der Waals surface area (Å²) in [5.74, 6) is -0.727. The summed E-state index contributed by atoms with van der Waals surface area (Å²) in [6.07, 6.45) is 0.263. The molecule has 3 rings (SSSR count). The second-order valence-electron chi connectivity index (χ2n) is 8.82. The van der Waals surface area contributed by atoms with Crippen molar-refractivity contribution in [2.75, 3.05) is 26.0 Å². The van der Waals surface area contributed by atoms with Crippen molar-refractivity contribution in [3.05, 3.63) is 96.1 Å². The second-order valence-corrected chi connectivity index (χ2v) is 10.9. The molecule has 0 spiro atoms. The molecule has 8 nitrogen and oxygen atoms in total. The van der Waals surface area contributed by atoms with Crippen molar-refractivity contribution in [3.8, 4) is 11.1 Å². The van der Waals surface area contributed by atoms with Gasteiger partial charge in [-0.3, -0.25) is 19.5 Å². The molecule has 0 saturated carbocycles. The zero-order valence-electron chi connectivity index (χ0n) is 22.5. The van der Waals surface area contributed by atoms with Crippen molar-refractivity contribution in [1.82, 2.24) is 10.6 Å². The summed E-state index contributed by atoms with van der Waals surface area (Å²) in [6.45, 7) is 4.22. The predicted octanol–water partition coefficient (Wildman–Crippen LogP) is 5.33. The first-order valence-electron chi connectivity index (χ1n) is 13.2. The number of carbonyl (C=O) groups excluding carboxylic acids is 2. The molecule has 3 aromatic rings. The van der Waals surface area contributed by atoms with Crippen LogP contribution in [0.3, 0.4) is 0 Å². The lowest BCUT2D eigenvalue weighted by molar-refractivity contribution is -0.144. The summed E-state index contributed by atoms with van der Waals surface area (Å²) < 4.78 is 29.0. The molecule has 9 heteroatoms. The fraction of sp³-hybridized carbons (Fsp3) is 0.333. The normalized spacial score (nSPS) is 12.1. The van der Waals surface area contributed by atoms with Gasteiger partial charge in [-0.1, -0.05) is 84.9 Å². The highest BCUT2D eigenvalue weighted by atomic mass is 31.2. The maximum atomic E-state index is 13.1. The highest BCUT2D eigenvalue weighted by Crippen LogP contribution is 2.46. The van der Waals surface area contributed by atoms with Crippen LogP contribution in [0, 0.1) is 0 Å². The summed E-state index contributed by atoms with van der Waals surface area (Å²) >= 11 is 0. The van der Waals surface area contributed by atoms with Gasteiger partial charge in [0.15, 0.2) is 0 Å². The lowest BCUT2D eigenvalue weighted by Crippen LogP contribution is -2.46. The number of hydrogen-bond acceptors (Lipinski definition) is 7. The van der Waals surface area contributed by atoms with Gasteiger partial charge in [-0.25, -0.2) is 0 Å². The van der Waals surface area contributed by atoms with Gasteiger partial charge >= 0.3 is 13.6 Å². The van der Waals surface area contributed by atoms with E-state index < -0.39 is 19.6 Å². The van der Waals surface area contributed by atoms with Gasteiger partial charge in [0.1, 0.15) is 6.61 Å². The molecule has 0 saturated heterocycles. The van der Waals surface area contributed by atoms with Crippen molar-refractivity contribution in [2.24, 2.45) is 0 Å². The molecule has 0 aromatic heterocycles. The molecule has 0 heterocycles. The number of benzene rings is 3. The zero-order chi connectivity index (χ0) is 27.9. The third kappa shape index (κ3) is 10.4. The Balaban J connectivity index is 1.60. The number of rotatable bonds is 16. The third-order valence-electron chi connectivity index (χ3n) is 5.87. The number of ether oxygens (including phenoxy) is 1. The number of nitrogens with one attached hydrogen (secondary N) is 2. The highest BCUT2D eigenvalue weighted by molar-refractivity contribution is 7.53. The predicted molar refractivity (Wildman–Crippen MR) is 152 cm³/mol. The van der Waals surface area contributed by atoms with Crippen LogP contribution in [0.2, 0.25) is 0 Å². The first-order valence-corrected chi connectivity index (χ1v) is 14.9. The summed E-state index contributed by atoms with van der Waals surface area (Å²) in [4.78, 5) is 25.3. The fourth-order valence-corrected chi connectivity index (χ4v) is 5.41. The van der Waals surface area contributed by atoms with Crippen LogP contribution in [-0.2, 0) is 41.0 Å². The van der Waals surface area contributed by atoms with Crippen LogP contribution in [-0.4, -0.2) is 44.0 Å². The van der Waals surface area contributed by atoms with Crippen LogP contribution in [0.25, 0.3) is 11.1 Å². The first kappa shape index (κ1) is 30.3. The van der Waals surface area contributed by atoms with E-state index in [0.717, 1.165) is 22.3 Å². The molecular weight excluding hydrogens is 515 g/mol. The zero-order valence-corrected chi connectivity index (χ0v) is 23.4. The summed E-state index contributed by atoms with van der Waals surface area (Å²) in [5.41, 5.74) is 3.99. The van der Waals surface area contributed by atoms with E-state index >= 15 is 0 Å². The van der Waals surface area contributed by atoms with Gasteiger partial charge < -0.3 is 19.1 Å². The van der Waals surface area contributed by atoms with E-state index in [9.17, 15) is 14.2 Å². The van der Waals surface area contributed by atoms with Gasteiger partial charge in [-0.2, -0.15) is 0 Å². The van der Waals surface area contributed by atoms with Crippen molar-refractivity contribution >= 4 is 19.5 Å². The van der Waals surface area contributed by atoms with Gasteiger partial charge in [0.05, 0.1) is 32.0 Å². The average molecular weight is 553 g/mol. The molecule has 1 amide bonds. The summed E-state index contributed by atoms with van der Waals surface area (Å²) in [7, 11) is -3.41. The molecule has 0 aliphatic carbocycles. The molecule has 0 aliphatic heterocycles. The van der Waals surface area contributed by atoms with E-state index in [1.54, 1.807) is 13.8 Å². The van der Waals surface area contributed by atoms with Gasteiger partial charge in [0.2, 0.25) is 5.91 Å². The molecule has 0 bridgehead atoms. The van der Waals surface area contributed by atoms with Gasteiger partial charge in [0, 0.05) is 6.54 Å². The first-order chi connectivity index (χ1) is 18.9. The fourth-order valence-electron chi connectivity index (χ4n) is 3.92. The Kier molecular flexibility index (Phi) is 12.4. The molecule has 208 valence electrons. The largest absolute Gasteiger partial charge is 0.461 e. The quantitative estimate of drug-likeness (QED) is 0.183. The van der Waals surface area contributed by atoms with Crippen LogP contribution in [0.1, 0.15) is 31.4 Å². The van der Waals surface area contributed by atoms with E-state index in [-0.39, 0.29) is 45.0 Å². The SMILES string of the molecule is CCOP(=O)(CN[C@@H](Cc1ccc(-c2ccccc2)cc1)C(=O)NCCC(=O)OCc1ccccc1)OCC. The standard InChI is InChI=1S/C30H37N2O6P/c1-3-37-39(35,38-4-2)23-32-28(21-24-15-17-27(18-16-24)26-13-9-6-10-14-26)30(34)31-20-19-29(33)36-22-25-11-7-5-8-12-25/h5-18,28,32H,3-4,19-23H2,1-2H3,(H,31,34)/t28-/m0/s1. The Labute approximate surface area is 230 Å². The maximum absolute atomic E-state index is 13.1. The van der Waals surface area contributed by atoms with Crippen molar-refractivity contribution in [2.45, 2.75) is 39.3 Å². The maximum Gasteiger partial charge on any atom is 0.344 e. The number of esters is 1. The molecule has 2 N–H and O–H groups in total. The Morgan fingerprint density at radius 3 is 2.00 bits per heavy atom. The third-order valence-corrected chi connectivity index (χ3v) is 7.74. The minimum Gasteiger partial charge on any atom is -0.461 e. The topological polar surface area (TPSA) is 103 Å². The van der Waals surface area contributed by atoms with Crippen LogP contribution in [0.5, 0.6) is 0 Å². The average Bonchev–Trinajstić information content (AvgIpc) is 2.96. The molecule has 0 radical (unpaired) electrons. The van der Waals surface area contributed by atoms with E-state index in [4.69, 9.17) is 13.8 Å². The van der Waals surface area contributed by atoms with Crippen molar-refractivity contribution < 1.29 is 27.9 Å². The van der Waals surface area contributed by atoms with E-state index in [1.165, 1.54) is 0 Å². The van der Waals surface area contributed by atoms with Crippen LogP contribution in [0.15, 0.2) is 84.9 Å². The Hall–Kier alpha value is -3.29. The Morgan fingerprint density at radius 1 is 0.795 bits per heavy atom. The highest BCUT2D eigenvalue weighted by Gasteiger charge is 2.27. The van der Waals surface area contributed by atoms with Crippen LogP contribution in [0.4, 0.5) is 0 Å². The number of hydrogen-bond donors (Lipinski definition) is 2. The monoisotopic (exact) mass is 552 g/mol. The molecule has 0 fully saturated rings. The smallest absolute Gasteiger partial charge is 0.344 e. The van der Waals surface area contributed by atoms with Gasteiger partial charge in [-0.15, -0.1) is 0 Å². The summed E-state index contributed by atoms with van der Waals surface area (Å²) in [5, 5.41) is 5.86. The second kappa shape index (κ2) is 16.0. The Bertz CT molecular complexity index is 1200. The van der Waals surface area contributed by atoms with Crippen LogP contribution < -0.4 is 10.6 Å². The lowest BCUT2D eigenvalue weighted by atomic mass is 10.0. The molecule has 39 heavy (non-hydrogen) atoms. The minimum atomic E-state index is -3.41. The molecule has 0 aliphatic rings. The molecule has 0 unspecified atom stereocenters. The molecule has 1 atom stereocenters. The van der Waals surface area contributed by atoms with E-state index in [2.05, 4.69) is 10.6 Å². The van der Waals surface area contributed by atoms with Gasteiger partial charge in [0.25, 0.3) is 0 Å². The summed E-state index contributed by atoms with van der Waals surface area (Å²) in [6, 6.07) is 26.7. The van der Waals surface area contributed by atoms with E-state index in [1.807, 2.05) is 84.9 Å². The minimum absolute atomic E-state index is 0.0352. The van der Waals surface area contributed by atoms with Crippen LogP contribution >= 0.6 is 7.60 Å². The van der Waals surface area contributed by atoms with Crippen molar-refractivity contribution in [3.63, 3.8) is 0 Å². The number of amides is 1. The lowest BCUT2D eigenvalue weighted by Gasteiger charge is -2.22. The van der Waals surface area contributed by atoms with E-state index in [0.29, 0.717) is 6.42 Å². The van der Waals surface area contributed by atoms with Crippen molar-refractivity contribution in [1.29, 1.82) is 0 Å². The molecular formula is C30H37N2O6P. The Morgan fingerprint density at radius 2 is 1.38 bits per heavy atom. The molecule has 3 aromatic carbocycles. The number of carbonyl (C=O) groups is 2.